The average molecular weight is 421 g/mol. The Morgan fingerprint density at radius 1 is 1.13 bits per heavy atom. The van der Waals surface area contributed by atoms with E-state index < -0.39 is 0 Å². The highest BCUT2D eigenvalue weighted by Gasteiger charge is 2.40. The fourth-order valence-corrected chi connectivity index (χ4v) is 3.63. The van der Waals surface area contributed by atoms with E-state index >= 15 is 0 Å². The lowest BCUT2D eigenvalue weighted by Crippen LogP contribution is -2.38. The van der Waals surface area contributed by atoms with Crippen LogP contribution in [0.5, 0.6) is 0 Å². The highest BCUT2D eigenvalue weighted by atomic mass is 16.6. The summed E-state index contributed by atoms with van der Waals surface area (Å²) in [6.07, 6.45) is 7.18. The molecule has 1 aliphatic carbocycles. The number of nitrogen functional groups attached to an aromatic ring is 1. The molecule has 164 valence electrons. The molecule has 0 spiro atoms. The van der Waals surface area contributed by atoms with Gasteiger partial charge in [-0.25, -0.2) is 4.79 Å². The second-order valence-corrected chi connectivity index (χ2v) is 8.30. The van der Waals surface area contributed by atoms with Crippen molar-refractivity contribution in [1.82, 2.24) is 4.90 Å². The summed E-state index contributed by atoms with van der Waals surface area (Å²) in [5, 5.41) is 15.4. The first-order valence-corrected chi connectivity index (χ1v) is 10.7. The van der Waals surface area contributed by atoms with Crippen molar-refractivity contribution in [2.45, 2.75) is 57.6 Å². The smallest absolute Gasteiger partial charge is 0.410 e. The van der Waals surface area contributed by atoms with Gasteiger partial charge in [0.25, 0.3) is 0 Å². The molecule has 1 aliphatic heterocycles. The summed E-state index contributed by atoms with van der Waals surface area (Å²) in [7, 11) is 0. The molecule has 2 aliphatic rings. The van der Waals surface area contributed by atoms with E-state index in [4.69, 9.17) is 21.1 Å². The SMILES string of the molecule is CC1(C)CN(C2CCCCC2)C(=O)O1.N#Cc1ccc(N)c(C=N)c1.c1ccccc1. The van der Waals surface area contributed by atoms with E-state index in [1.54, 1.807) is 18.2 Å². The first-order chi connectivity index (χ1) is 14.9. The summed E-state index contributed by atoms with van der Waals surface area (Å²) in [5.41, 5.74) is 6.85. The molecular weight excluding hydrogens is 388 g/mol. The maximum atomic E-state index is 11.6. The highest BCUT2D eigenvalue weighted by Crippen LogP contribution is 2.30. The van der Waals surface area contributed by atoms with Gasteiger partial charge in [0.05, 0.1) is 18.2 Å². The van der Waals surface area contributed by atoms with Crippen molar-refractivity contribution in [1.29, 1.82) is 10.7 Å². The average Bonchev–Trinajstić information content (AvgIpc) is 3.09. The number of amides is 1. The number of nitrogens with zero attached hydrogens (tertiary/aromatic N) is 2. The van der Waals surface area contributed by atoms with Crippen LogP contribution in [0.3, 0.4) is 0 Å². The molecule has 1 heterocycles. The number of nitrogens with one attached hydrogen (secondary N) is 1. The summed E-state index contributed by atoms with van der Waals surface area (Å²) in [5.74, 6) is 0. The fourth-order valence-electron chi connectivity index (χ4n) is 3.63. The molecular formula is C25H32N4O2. The number of hydrogen-bond acceptors (Lipinski definition) is 5. The minimum Gasteiger partial charge on any atom is -0.441 e. The molecule has 31 heavy (non-hydrogen) atoms. The van der Waals surface area contributed by atoms with Crippen molar-refractivity contribution in [2.24, 2.45) is 0 Å². The first-order valence-electron chi connectivity index (χ1n) is 10.7. The van der Waals surface area contributed by atoms with Gasteiger partial charge in [-0.2, -0.15) is 5.26 Å². The number of anilines is 1. The van der Waals surface area contributed by atoms with Crippen molar-refractivity contribution in [3.63, 3.8) is 0 Å². The number of rotatable bonds is 2. The maximum absolute atomic E-state index is 11.6. The molecule has 0 atom stereocenters. The summed E-state index contributed by atoms with van der Waals surface area (Å²) < 4.78 is 5.30. The van der Waals surface area contributed by atoms with Crippen molar-refractivity contribution >= 4 is 18.0 Å². The van der Waals surface area contributed by atoms with Crippen molar-refractivity contribution < 1.29 is 9.53 Å². The third kappa shape index (κ3) is 7.78. The van der Waals surface area contributed by atoms with Crippen LogP contribution in [0.25, 0.3) is 0 Å². The standard InChI is InChI=1S/C11H19NO2.C8H7N3.C6H6/c1-11(2)8-12(10(13)14-11)9-6-4-3-5-7-9;9-4-6-1-2-8(11)7(3-6)5-10;1-2-4-6-5-3-1/h9H,3-8H2,1-2H3;1-3,5,10H,11H2;1-6H. The van der Waals surface area contributed by atoms with Crippen LogP contribution in [0.2, 0.25) is 0 Å². The molecule has 0 bridgehead atoms. The molecule has 0 unspecified atom stereocenters. The van der Waals surface area contributed by atoms with Gasteiger partial charge in [-0.15, -0.1) is 0 Å². The molecule has 0 aromatic heterocycles. The minimum absolute atomic E-state index is 0.109. The van der Waals surface area contributed by atoms with Crippen LogP contribution in [0.15, 0.2) is 54.6 Å². The van der Waals surface area contributed by atoms with Gasteiger partial charge in [-0.3, -0.25) is 0 Å². The van der Waals surface area contributed by atoms with Crippen LogP contribution in [-0.4, -0.2) is 35.4 Å². The molecule has 2 aromatic rings. The van der Waals surface area contributed by atoms with E-state index in [1.165, 1.54) is 19.3 Å². The van der Waals surface area contributed by atoms with Gasteiger partial charge < -0.3 is 20.8 Å². The van der Waals surface area contributed by atoms with Crippen molar-refractivity contribution in [2.75, 3.05) is 12.3 Å². The normalized spacial score (nSPS) is 17.2. The van der Waals surface area contributed by atoms with Crippen LogP contribution in [-0.2, 0) is 4.74 Å². The van der Waals surface area contributed by atoms with Gasteiger partial charge in [0.1, 0.15) is 5.60 Å². The molecule has 2 fully saturated rings. The van der Waals surface area contributed by atoms with E-state index in [0.717, 1.165) is 25.6 Å². The van der Waals surface area contributed by atoms with Crippen LogP contribution in [0, 0.1) is 16.7 Å². The summed E-state index contributed by atoms with van der Waals surface area (Å²) >= 11 is 0. The number of benzene rings is 2. The van der Waals surface area contributed by atoms with Crippen LogP contribution in [0.4, 0.5) is 10.5 Å². The van der Waals surface area contributed by atoms with Gasteiger partial charge in [-0.1, -0.05) is 55.7 Å². The number of ether oxygens (including phenoxy) is 1. The van der Waals surface area contributed by atoms with Crippen LogP contribution < -0.4 is 5.73 Å². The largest absolute Gasteiger partial charge is 0.441 e. The molecule has 1 amide bonds. The summed E-state index contributed by atoms with van der Waals surface area (Å²) in [6.45, 7) is 4.72. The second kappa shape index (κ2) is 11.8. The lowest BCUT2D eigenvalue weighted by atomic mass is 9.94. The Balaban J connectivity index is 0.000000178. The van der Waals surface area contributed by atoms with Gasteiger partial charge in [0.2, 0.25) is 0 Å². The third-order valence-electron chi connectivity index (χ3n) is 5.20. The van der Waals surface area contributed by atoms with E-state index in [1.807, 2.05) is 61.2 Å². The van der Waals surface area contributed by atoms with E-state index in [-0.39, 0.29) is 11.7 Å². The molecule has 4 rings (SSSR count). The number of hydrogen-bond donors (Lipinski definition) is 2. The van der Waals surface area contributed by atoms with Gasteiger partial charge in [0.15, 0.2) is 0 Å². The molecule has 2 aromatic carbocycles. The molecule has 6 heteroatoms. The van der Waals surface area contributed by atoms with Gasteiger partial charge in [0, 0.05) is 23.5 Å². The Morgan fingerprint density at radius 2 is 1.71 bits per heavy atom. The monoisotopic (exact) mass is 420 g/mol. The Kier molecular flexibility index (Phi) is 9.08. The van der Waals surface area contributed by atoms with E-state index in [9.17, 15) is 4.79 Å². The lowest BCUT2D eigenvalue weighted by Gasteiger charge is -2.29. The second-order valence-electron chi connectivity index (χ2n) is 8.30. The predicted octanol–water partition coefficient (Wildman–Crippen LogP) is 5.37. The molecule has 1 saturated carbocycles. The number of nitriles is 1. The maximum Gasteiger partial charge on any atom is 0.410 e. The van der Waals surface area contributed by atoms with Gasteiger partial charge >= 0.3 is 6.09 Å². The Labute approximate surface area is 185 Å². The molecule has 0 radical (unpaired) electrons. The predicted molar refractivity (Wildman–Crippen MR) is 124 cm³/mol. The van der Waals surface area contributed by atoms with E-state index in [0.29, 0.717) is 22.9 Å². The minimum atomic E-state index is -0.283. The quantitative estimate of drug-likeness (QED) is 0.503. The zero-order chi connectivity index (χ0) is 22.7. The number of carbonyl (C=O) groups excluding carboxylic acids is 1. The van der Waals surface area contributed by atoms with E-state index in [2.05, 4.69) is 0 Å². The topological polar surface area (TPSA) is 103 Å². The van der Waals surface area contributed by atoms with Gasteiger partial charge in [-0.05, 0) is 44.9 Å². The summed E-state index contributed by atoms with van der Waals surface area (Å²) in [6, 6.07) is 19.2. The Bertz CT molecular complexity index is 857. The summed E-state index contributed by atoms with van der Waals surface area (Å²) in [4.78, 5) is 13.5. The first kappa shape index (κ1) is 23.9. The van der Waals surface area contributed by atoms with Crippen molar-refractivity contribution in [3.05, 3.63) is 65.7 Å². The van der Waals surface area contributed by atoms with Crippen LogP contribution >= 0.6 is 0 Å². The Morgan fingerprint density at radius 3 is 2.16 bits per heavy atom. The molecule has 6 nitrogen and oxygen atoms in total. The zero-order valence-electron chi connectivity index (χ0n) is 18.4. The van der Waals surface area contributed by atoms with Crippen LogP contribution in [0.1, 0.15) is 57.1 Å². The number of carbonyl (C=O) groups is 1. The highest BCUT2D eigenvalue weighted by molar-refractivity contribution is 5.85. The molecule has 3 N–H and O–H groups in total. The van der Waals surface area contributed by atoms with Crippen molar-refractivity contribution in [3.8, 4) is 6.07 Å². The fraction of sp³-hybridized carbons (Fsp3) is 0.400. The zero-order valence-corrected chi connectivity index (χ0v) is 18.4. The Hall–Kier alpha value is -3.33. The number of cyclic esters (lactones) is 1. The third-order valence-corrected chi connectivity index (χ3v) is 5.20. The lowest BCUT2D eigenvalue weighted by molar-refractivity contribution is 0.0849. The number of nitrogens with two attached hydrogens (primary N) is 1. The molecule has 1 saturated heterocycles.